The molecule has 0 rings (SSSR count). The maximum atomic E-state index is 3.76. The van der Waals surface area contributed by atoms with Gasteiger partial charge in [-0.05, 0) is 0 Å². The van der Waals surface area contributed by atoms with Crippen LogP contribution >= 0.6 is 0 Å². The number of hydrogen-bond acceptors (Lipinski definition) is 4. The van der Waals surface area contributed by atoms with Crippen molar-refractivity contribution in [2.24, 2.45) is 0 Å². The highest BCUT2D eigenvalue weighted by atomic mass is 15.4. The van der Waals surface area contributed by atoms with Gasteiger partial charge in [-0.1, -0.05) is 13.2 Å². The van der Waals surface area contributed by atoms with Gasteiger partial charge in [0.15, 0.2) is 0 Å². The van der Waals surface area contributed by atoms with Gasteiger partial charge in [-0.3, -0.25) is 0 Å². The summed E-state index contributed by atoms with van der Waals surface area (Å²) >= 11 is 0. The van der Waals surface area contributed by atoms with Gasteiger partial charge in [0.1, 0.15) is 0 Å². The molecule has 0 aromatic carbocycles. The standard InChI is InChI=1S/C7H16N4/c1-6(10-8-3)5-7(2)11-9-4/h8-11H,1-2,5H2,3-4H3. The highest BCUT2D eigenvalue weighted by Gasteiger charge is 1.94. The highest BCUT2D eigenvalue weighted by Crippen LogP contribution is 1.98. The first kappa shape index (κ1) is 10.0. The van der Waals surface area contributed by atoms with Crippen molar-refractivity contribution in [3.63, 3.8) is 0 Å². The van der Waals surface area contributed by atoms with Crippen LogP contribution in [-0.4, -0.2) is 14.1 Å². The van der Waals surface area contributed by atoms with Crippen molar-refractivity contribution in [3.8, 4) is 0 Å². The van der Waals surface area contributed by atoms with Gasteiger partial charge in [-0.2, -0.15) is 0 Å². The number of hydrazine groups is 2. The van der Waals surface area contributed by atoms with Crippen LogP contribution in [0.1, 0.15) is 6.42 Å². The van der Waals surface area contributed by atoms with E-state index in [0.29, 0.717) is 6.42 Å². The topological polar surface area (TPSA) is 48.1 Å². The summed E-state index contributed by atoms with van der Waals surface area (Å²) in [6.45, 7) is 7.53. The van der Waals surface area contributed by atoms with Crippen LogP contribution in [0.3, 0.4) is 0 Å². The van der Waals surface area contributed by atoms with E-state index in [1.165, 1.54) is 0 Å². The Labute approximate surface area is 67.7 Å². The Balaban J connectivity index is 3.49. The van der Waals surface area contributed by atoms with Gasteiger partial charge in [0.25, 0.3) is 0 Å². The van der Waals surface area contributed by atoms with Crippen molar-refractivity contribution in [3.05, 3.63) is 24.6 Å². The largest absolute Gasteiger partial charge is 0.326 e. The summed E-state index contributed by atoms with van der Waals surface area (Å²) in [4.78, 5) is 0. The highest BCUT2D eigenvalue weighted by molar-refractivity contribution is 5.04. The van der Waals surface area contributed by atoms with E-state index >= 15 is 0 Å². The summed E-state index contributed by atoms with van der Waals surface area (Å²) in [6, 6.07) is 0. The van der Waals surface area contributed by atoms with E-state index in [1.807, 2.05) is 0 Å². The van der Waals surface area contributed by atoms with Crippen molar-refractivity contribution in [2.45, 2.75) is 6.42 Å². The summed E-state index contributed by atoms with van der Waals surface area (Å²) in [7, 11) is 3.58. The van der Waals surface area contributed by atoms with Gasteiger partial charge >= 0.3 is 0 Å². The van der Waals surface area contributed by atoms with E-state index in [4.69, 9.17) is 0 Å². The molecule has 64 valence electrons. The van der Waals surface area contributed by atoms with Crippen LogP contribution in [-0.2, 0) is 0 Å². The predicted molar refractivity (Wildman–Crippen MR) is 47.3 cm³/mol. The Morgan fingerprint density at radius 3 is 1.64 bits per heavy atom. The molecule has 0 saturated heterocycles. The molecule has 0 spiro atoms. The van der Waals surface area contributed by atoms with E-state index < -0.39 is 0 Å². The normalized spacial score (nSPS) is 8.91. The summed E-state index contributed by atoms with van der Waals surface area (Å²) in [5.74, 6) is 0. The maximum Gasteiger partial charge on any atom is 0.0287 e. The summed E-state index contributed by atoms with van der Waals surface area (Å²) in [5.41, 5.74) is 13.0. The van der Waals surface area contributed by atoms with Crippen molar-refractivity contribution in [1.29, 1.82) is 0 Å². The van der Waals surface area contributed by atoms with Gasteiger partial charge in [0.2, 0.25) is 0 Å². The fourth-order valence-corrected chi connectivity index (χ4v) is 0.700. The number of rotatable bonds is 6. The van der Waals surface area contributed by atoms with Crippen LogP contribution < -0.4 is 21.7 Å². The summed E-state index contributed by atoms with van der Waals surface area (Å²) in [5, 5.41) is 0. The molecule has 4 nitrogen and oxygen atoms in total. The molecule has 4 N–H and O–H groups in total. The number of hydrogen-bond donors (Lipinski definition) is 4. The van der Waals surface area contributed by atoms with Gasteiger partial charge in [-0.15, -0.1) is 0 Å². The Morgan fingerprint density at radius 2 is 1.36 bits per heavy atom. The molecule has 0 unspecified atom stereocenters. The molecule has 0 aromatic rings. The van der Waals surface area contributed by atoms with Gasteiger partial charge in [-0.25, -0.2) is 10.9 Å². The van der Waals surface area contributed by atoms with E-state index in [0.717, 1.165) is 11.4 Å². The zero-order chi connectivity index (χ0) is 8.69. The van der Waals surface area contributed by atoms with Gasteiger partial charge in [0, 0.05) is 31.9 Å². The van der Waals surface area contributed by atoms with Crippen LogP contribution in [0.2, 0.25) is 0 Å². The minimum Gasteiger partial charge on any atom is -0.326 e. The summed E-state index contributed by atoms with van der Waals surface area (Å²) < 4.78 is 0. The van der Waals surface area contributed by atoms with E-state index in [2.05, 4.69) is 34.9 Å². The lowest BCUT2D eigenvalue weighted by Crippen LogP contribution is -2.30. The molecule has 4 heteroatoms. The maximum absolute atomic E-state index is 3.76. The first-order valence-corrected chi connectivity index (χ1v) is 3.41. The van der Waals surface area contributed by atoms with Gasteiger partial charge in [0.05, 0.1) is 0 Å². The zero-order valence-electron chi connectivity index (χ0n) is 7.12. The lowest BCUT2D eigenvalue weighted by molar-refractivity contribution is 0.631. The fourth-order valence-electron chi connectivity index (χ4n) is 0.700. The Kier molecular flexibility index (Phi) is 5.24. The third-order valence-corrected chi connectivity index (χ3v) is 1.03. The van der Waals surface area contributed by atoms with Crippen LogP contribution in [0.15, 0.2) is 24.6 Å². The van der Waals surface area contributed by atoms with Crippen LogP contribution in [0.4, 0.5) is 0 Å². The van der Waals surface area contributed by atoms with Gasteiger partial charge < -0.3 is 10.9 Å². The smallest absolute Gasteiger partial charge is 0.0287 e. The molecule has 0 aliphatic rings. The lowest BCUT2D eigenvalue weighted by atomic mass is 10.3. The molecule has 11 heavy (non-hydrogen) atoms. The molecule has 0 bridgehead atoms. The number of nitrogens with one attached hydrogen (secondary N) is 4. The quantitative estimate of drug-likeness (QED) is 0.404. The second-order valence-electron chi connectivity index (χ2n) is 2.13. The average molecular weight is 156 g/mol. The Hall–Kier alpha value is -1.00. The van der Waals surface area contributed by atoms with Crippen LogP contribution in [0.5, 0.6) is 0 Å². The Morgan fingerprint density at radius 1 is 1.00 bits per heavy atom. The van der Waals surface area contributed by atoms with Crippen molar-refractivity contribution in [1.82, 2.24) is 21.7 Å². The lowest BCUT2D eigenvalue weighted by Gasteiger charge is -2.10. The first-order valence-electron chi connectivity index (χ1n) is 3.41. The monoisotopic (exact) mass is 156 g/mol. The molecule has 0 heterocycles. The minimum atomic E-state index is 0.696. The second kappa shape index (κ2) is 5.76. The minimum absolute atomic E-state index is 0.696. The SMILES string of the molecule is C=C(CC(=C)NNC)NNC. The molecule has 0 aromatic heterocycles. The molecule has 0 aliphatic heterocycles. The van der Waals surface area contributed by atoms with E-state index in [1.54, 1.807) is 14.1 Å². The van der Waals surface area contributed by atoms with E-state index in [-0.39, 0.29) is 0 Å². The second-order valence-corrected chi connectivity index (χ2v) is 2.13. The molecular weight excluding hydrogens is 140 g/mol. The zero-order valence-corrected chi connectivity index (χ0v) is 7.12. The molecular formula is C7H16N4. The molecule has 0 amide bonds. The molecule has 0 atom stereocenters. The summed E-state index contributed by atoms with van der Waals surface area (Å²) in [6.07, 6.45) is 0.696. The Bertz CT molecular complexity index is 125. The van der Waals surface area contributed by atoms with Crippen molar-refractivity contribution in [2.75, 3.05) is 14.1 Å². The van der Waals surface area contributed by atoms with E-state index in [9.17, 15) is 0 Å². The molecule has 0 aliphatic carbocycles. The average Bonchev–Trinajstić information content (AvgIpc) is 1.87. The molecule has 0 fully saturated rings. The fraction of sp³-hybridized carbons (Fsp3) is 0.429. The third kappa shape index (κ3) is 5.44. The predicted octanol–water partition coefficient (Wildman–Crippen LogP) is -0.148. The third-order valence-electron chi connectivity index (χ3n) is 1.03. The van der Waals surface area contributed by atoms with Crippen molar-refractivity contribution >= 4 is 0 Å². The van der Waals surface area contributed by atoms with Crippen LogP contribution in [0, 0.1) is 0 Å². The van der Waals surface area contributed by atoms with Crippen LogP contribution in [0.25, 0.3) is 0 Å². The first-order chi connectivity index (χ1) is 5.20. The molecule has 0 radical (unpaired) electrons. The van der Waals surface area contributed by atoms with Crippen molar-refractivity contribution < 1.29 is 0 Å². The molecule has 0 saturated carbocycles.